The van der Waals surface area contributed by atoms with Gasteiger partial charge in [-0.1, -0.05) is 16.8 Å². The Morgan fingerprint density at radius 3 is 2.79 bits per heavy atom. The van der Waals surface area contributed by atoms with Crippen molar-refractivity contribution in [3.8, 4) is 17.0 Å². The number of carbonyl (C=O) groups is 1. The van der Waals surface area contributed by atoms with Gasteiger partial charge in [-0.3, -0.25) is 4.79 Å². The number of aromatic nitrogens is 2. The first-order chi connectivity index (χ1) is 13.6. The first-order valence-corrected chi connectivity index (χ1v) is 9.10. The normalized spacial score (nSPS) is 10.9. The largest absolute Gasteiger partial charge is 0.497 e. The lowest BCUT2D eigenvalue weighted by Gasteiger charge is -2.02. The van der Waals surface area contributed by atoms with Crippen molar-refractivity contribution in [2.24, 2.45) is 0 Å². The molecule has 0 atom stereocenters. The molecule has 4 rings (SSSR count). The molecule has 0 fully saturated rings. The fraction of sp³-hybridized carbons (Fsp3) is 0.182. The number of rotatable bonds is 6. The lowest BCUT2D eigenvalue weighted by molar-refractivity contribution is 0.0917. The quantitative estimate of drug-likeness (QED) is 0.531. The predicted molar refractivity (Wildman–Crippen MR) is 108 cm³/mol. The van der Waals surface area contributed by atoms with E-state index in [4.69, 9.17) is 9.26 Å². The number of aromatic amines is 1. The first kappa shape index (κ1) is 17.9. The molecule has 0 unspecified atom stereocenters. The van der Waals surface area contributed by atoms with Crippen molar-refractivity contribution in [1.29, 1.82) is 0 Å². The number of nitrogens with zero attached hydrogens (tertiary/aromatic N) is 1. The van der Waals surface area contributed by atoms with Crippen LogP contribution in [0, 0.1) is 6.92 Å². The monoisotopic (exact) mass is 375 g/mol. The molecule has 0 aliphatic carbocycles. The number of nitrogens with one attached hydrogen (secondary N) is 2. The summed E-state index contributed by atoms with van der Waals surface area (Å²) in [4.78, 5) is 15.6. The lowest BCUT2D eigenvalue weighted by Crippen LogP contribution is -2.25. The Kier molecular flexibility index (Phi) is 4.85. The van der Waals surface area contributed by atoms with E-state index in [1.807, 2.05) is 30.5 Å². The Labute approximate surface area is 162 Å². The van der Waals surface area contributed by atoms with E-state index in [1.165, 1.54) is 16.5 Å². The summed E-state index contributed by atoms with van der Waals surface area (Å²) >= 11 is 0. The zero-order chi connectivity index (χ0) is 19.5. The van der Waals surface area contributed by atoms with E-state index >= 15 is 0 Å². The summed E-state index contributed by atoms with van der Waals surface area (Å²) in [5, 5.41) is 8.07. The number of fused-ring (bicyclic) bond motifs is 1. The minimum Gasteiger partial charge on any atom is -0.497 e. The second kappa shape index (κ2) is 7.60. The van der Waals surface area contributed by atoms with E-state index in [0.717, 1.165) is 23.3 Å². The first-order valence-electron chi connectivity index (χ1n) is 9.10. The maximum atomic E-state index is 12.4. The van der Waals surface area contributed by atoms with Crippen molar-refractivity contribution < 1.29 is 14.1 Å². The highest BCUT2D eigenvalue weighted by atomic mass is 16.5. The molecule has 0 radical (unpaired) electrons. The molecule has 0 saturated carbocycles. The molecule has 4 aromatic rings. The molecule has 0 aliphatic rings. The molecule has 0 saturated heterocycles. The maximum Gasteiger partial charge on any atom is 0.289 e. The maximum absolute atomic E-state index is 12.4. The molecule has 2 aromatic carbocycles. The zero-order valence-corrected chi connectivity index (χ0v) is 15.8. The molecule has 1 amide bonds. The summed E-state index contributed by atoms with van der Waals surface area (Å²) < 4.78 is 10.4. The topological polar surface area (TPSA) is 80.1 Å². The van der Waals surface area contributed by atoms with Crippen LogP contribution in [0.1, 0.15) is 21.7 Å². The van der Waals surface area contributed by atoms with Crippen LogP contribution in [0.3, 0.4) is 0 Å². The molecular weight excluding hydrogens is 354 g/mol. The second-order valence-electron chi connectivity index (χ2n) is 6.67. The van der Waals surface area contributed by atoms with Gasteiger partial charge in [0.2, 0.25) is 5.76 Å². The molecule has 28 heavy (non-hydrogen) atoms. The highest BCUT2D eigenvalue weighted by Gasteiger charge is 2.14. The van der Waals surface area contributed by atoms with Crippen LogP contribution in [0.25, 0.3) is 22.2 Å². The van der Waals surface area contributed by atoms with E-state index in [2.05, 4.69) is 40.6 Å². The van der Waals surface area contributed by atoms with Crippen LogP contribution >= 0.6 is 0 Å². The van der Waals surface area contributed by atoms with Crippen LogP contribution in [0.2, 0.25) is 0 Å². The highest BCUT2D eigenvalue weighted by Crippen LogP contribution is 2.22. The molecule has 142 valence electrons. The zero-order valence-electron chi connectivity index (χ0n) is 15.8. The summed E-state index contributed by atoms with van der Waals surface area (Å²) in [5.41, 5.74) is 4.96. The number of ether oxygens (including phenoxy) is 1. The fourth-order valence-electron chi connectivity index (χ4n) is 3.18. The summed E-state index contributed by atoms with van der Waals surface area (Å²) in [6, 6.07) is 15.4. The SMILES string of the molecule is COc1ccc(-c2cc(C(=O)NCCc3c[nH]c4ccc(C)cc34)on2)cc1. The van der Waals surface area contributed by atoms with Gasteiger partial charge in [0.25, 0.3) is 5.91 Å². The average molecular weight is 375 g/mol. The number of carbonyl (C=O) groups excluding carboxylic acids is 1. The Balaban J connectivity index is 1.38. The van der Waals surface area contributed by atoms with Crippen LogP contribution in [-0.2, 0) is 6.42 Å². The lowest BCUT2D eigenvalue weighted by atomic mass is 10.1. The Morgan fingerprint density at radius 2 is 2.00 bits per heavy atom. The Bertz CT molecular complexity index is 1110. The van der Waals surface area contributed by atoms with Crippen molar-refractivity contribution in [3.05, 3.63) is 71.6 Å². The minimum atomic E-state index is -0.275. The molecule has 2 heterocycles. The van der Waals surface area contributed by atoms with Crippen molar-refractivity contribution >= 4 is 16.8 Å². The molecule has 2 aromatic heterocycles. The van der Waals surface area contributed by atoms with E-state index < -0.39 is 0 Å². The third-order valence-electron chi connectivity index (χ3n) is 4.72. The number of aryl methyl sites for hydroxylation is 1. The van der Waals surface area contributed by atoms with Gasteiger partial charge in [0.15, 0.2) is 0 Å². The summed E-state index contributed by atoms with van der Waals surface area (Å²) in [6.45, 7) is 2.58. The number of hydrogen-bond acceptors (Lipinski definition) is 4. The highest BCUT2D eigenvalue weighted by molar-refractivity contribution is 5.92. The van der Waals surface area contributed by atoms with Gasteiger partial charge in [0.05, 0.1) is 7.11 Å². The number of methoxy groups -OCH3 is 1. The molecule has 0 bridgehead atoms. The van der Waals surface area contributed by atoms with Gasteiger partial charge in [-0.05, 0) is 55.3 Å². The fourth-order valence-corrected chi connectivity index (χ4v) is 3.18. The predicted octanol–water partition coefficient (Wildman–Crippen LogP) is 4.11. The van der Waals surface area contributed by atoms with Gasteiger partial charge < -0.3 is 19.6 Å². The minimum absolute atomic E-state index is 0.195. The number of H-pyrrole nitrogens is 1. The summed E-state index contributed by atoms with van der Waals surface area (Å²) in [5.74, 6) is 0.682. The Hall–Kier alpha value is -3.54. The second-order valence-corrected chi connectivity index (χ2v) is 6.67. The molecule has 0 spiro atoms. The van der Waals surface area contributed by atoms with Crippen LogP contribution < -0.4 is 10.1 Å². The van der Waals surface area contributed by atoms with Gasteiger partial charge in [-0.2, -0.15) is 0 Å². The van der Waals surface area contributed by atoms with Crippen LogP contribution in [0.15, 0.2) is 59.3 Å². The van der Waals surface area contributed by atoms with E-state index in [0.29, 0.717) is 12.2 Å². The molecule has 6 nitrogen and oxygen atoms in total. The number of hydrogen-bond donors (Lipinski definition) is 2. The van der Waals surface area contributed by atoms with Gasteiger partial charge in [0, 0.05) is 35.3 Å². The number of benzene rings is 2. The van der Waals surface area contributed by atoms with Crippen molar-refractivity contribution in [2.45, 2.75) is 13.3 Å². The average Bonchev–Trinajstić information content (AvgIpc) is 3.36. The van der Waals surface area contributed by atoms with Crippen molar-refractivity contribution in [1.82, 2.24) is 15.5 Å². The van der Waals surface area contributed by atoms with Crippen molar-refractivity contribution in [2.75, 3.05) is 13.7 Å². The molecule has 2 N–H and O–H groups in total. The third-order valence-corrected chi connectivity index (χ3v) is 4.72. The van der Waals surface area contributed by atoms with Gasteiger partial charge in [-0.25, -0.2) is 0 Å². The molecule has 0 aliphatic heterocycles. The molecular formula is C22H21N3O3. The summed E-state index contributed by atoms with van der Waals surface area (Å²) in [6.07, 6.45) is 2.72. The van der Waals surface area contributed by atoms with Crippen LogP contribution in [-0.4, -0.2) is 29.7 Å². The van der Waals surface area contributed by atoms with Crippen LogP contribution in [0.5, 0.6) is 5.75 Å². The Morgan fingerprint density at radius 1 is 1.18 bits per heavy atom. The van der Waals surface area contributed by atoms with Gasteiger partial charge >= 0.3 is 0 Å². The number of amides is 1. The van der Waals surface area contributed by atoms with Gasteiger partial charge in [-0.15, -0.1) is 0 Å². The van der Waals surface area contributed by atoms with Crippen LogP contribution in [0.4, 0.5) is 0 Å². The van der Waals surface area contributed by atoms with E-state index in [9.17, 15) is 4.79 Å². The third kappa shape index (κ3) is 3.62. The van der Waals surface area contributed by atoms with Gasteiger partial charge in [0.1, 0.15) is 11.4 Å². The standard InChI is InChI=1S/C22H21N3O3/c1-14-3-8-19-18(11-14)16(13-24-19)9-10-23-22(26)21-12-20(25-28-21)15-4-6-17(27-2)7-5-15/h3-8,11-13,24H,9-10H2,1-2H3,(H,23,26). The van der Waals surface area contributed by atoms with E-state index in [1.54, 1.807) is 13.2 Å². The van der Waals surface area contributed by atoms with Crippen molar-refractivity contribution in [3.63, 3.8) is 0 Å². The van der Waals surface area contributed by atoms with E-state index in [-0.39, 0.29) is 11.7 Å². The molecule has 6 heteroatoms. The summed E-state index contributed by atoms with van der Waals surface area (Å²) in [7, 11) is 1.62. The smallest absolute Gasteiger partial charge is 0.289 e.